The largest absolute Gasteiger partial charge is 0.389 e. The van der Waals surface area contributed by atoms with E-state index < -0.39 is 0 Å². The third kappa shape index (κ3) is 5.36. The lowest BCUT2D eigenvalue weighted by molar-refractivity contribution is -0.257. The topological polar surface area (TPSA) is 125 Å². The maximum atomic E-state index is 12.9. The Morgan fingerprint density at radius 2 is 1.22 bits per heavy atom. The Kier molecular flexibility index (Phi) is 9.15. The molecule has 0 aromatic heterocycles. The summed E-state index contributed by atoms with van der Waals surface area (Å²) >= 11 is 0. The van der Waals surface area contributed by atoms with Crippen molar-refractivity contribution in [2.75, 3.05) is 26.4 Å². The maximum absolute atomic E-state index is 12.9. The fourth-order valence-corrected chi connectivity index (χ4v) is 15.5. The maximum Gasteiger partial charge on any atom is 0.166 e. The molecule has 0 radical (unpaired) electrons. The van der Waals surface area contributed by atoms with Gasteiger partial charge in [-0.15, -0.1) is 0 Å². The molecule has 0 spiro atoms. The van der Waals surface area contributed by atoms with Crippen LogP contribution in [0.1, 0.15) is 111 Å². The van der Waals surface area contributed by atoms with Crippen LogP contribution in [0.15, 0.2) is 35.6 Å². The van der Waals surface area contributed by atoms with Gasteiger partial charge in [0.25, 0.3) is 0 Å². The van der Waals surface area contributed by atoms with E-state index >= 15 is 0 Å². The van der Waals surface area contributed by atoms with E-state index in [-0.39, 0.29) is 82.1 Å². The van der Waals surface area contributed by atoms with Gasteiger partial charge in [-0.1, -0.05) is 20.4 Å². The summed E-state index contributed by atoms with van der Waals surface area (Å²) in [5, 5.41) is 9.40. The summed E-state index contributed by atoms with van der Waals surface area (Å²) in [5.41, 5.74) is 2.87. The molecule has 1 N–H and O–H groups in total. The second kappa shape index (κ2) is 13.3. The molecule has 294 valence electrons. The number of carbonyl (C=O) groups is 4. The molecule has 6 unspecified atom stereocenters. The molecule has 0 amide bonds. The van der Waals surface area contributed by atoms with Crippen LogP contribution >= 0.6 is 0 Å². The summed E-state index contributed by atoms with van der Waals surface area (Å²) in [7, 11) is 0. The van der Waals surface area contributed by atoms with Gasteiger partial charge in [-0.2, -0.15) is 4.89 Å². The van der Waals surface area contributed by atoms with Gasteiger partial charge in [0, 0.05) is 35.5 Å². The lowest BCUT2D eigenvalue weighted by Gasteiger charge is -2.56. The highest BCUT2D eigenvalue weighted by Crippen LogP contribution is 2.70. The molecule has 4 bridgehead atoms. The standard InChI is InChI=1S/C24H32O5.C21H28O4/c1-14(2)29-28-12-21(26)19-5-4-17-16-11-22-20-10-15(25)6-9-24(20,13-27-22)18(16)7-8-23(17,19)3;1-20-6-5-15-13(14(20)2-3-16(20)18(24)10-22)9-19-17-8-12(23)4-7-21(15,17)11-25-19/h10,16-19,22H,1,4-9,11-13H2,2-3H3;8,13-16,19,22H,2-7,9-11H2,1H3/t16?,17?,18?,19-,22-,23+,24+;13?,14?,15?,16-,19-,20+,21+/m11/s1. The van der Waals surface area contributed by atoms with E-state index in [4.69, 9.17) is 19.2 Å². The Morgan fingerprint density at radius 1 is 0.741 bits per heavy atom. The SMILES string of the molecule is C=C(C)OOCC(=O)[C@H]1CCC2C3C[C@H]4OC[C@@]5(CCC(=O)C=C45)C3CC[C@@]21C.C[C@]12CCC3C(C[C@H]4OC[C@@]35CCC(=O)C=C45)C1CC[C@@H]2C(=O)CO. The van der Waals surface area contributed by atoms with Gasteiger partial charge in [0.1, 0.15) is 12.4 Å². The number of Topliss-reactive ketones (excluding diaryl/α,β-unsaturated/α-hetero) is 2. The van der Waals surface area contributed by atoms with Crippen molar-refractivity contribution in [1.29, 1.82) is 0 Å². The van der Waals surface area contributed by atoms with E-state index in [2.05, 4.69) is 20.4 Å². The summed E-state index contributed by atoms with van der Waals surface area (Å²) < 4.78 is 12.5. The summed E-state index contributed by atoms with van der Waals surface area (Å²) in [6.07, 6.45) is 17.8. The minimum atomic E-state index is -0.314. The number of hydrogen-bond acceptors (Lipinski definition) is 9. The number of ketones is 4. The van der Waals surface area contributed by atoms with Crippen molar-refractivity contribution in [2.45, 2.75) is 123 Å². The van der Waals surface area contributed by atoms with Gasteiger partial charge >= 0.3 is 0 Å². The molecule has 2 saturated heterocycles. The number of carbonyl (C=O) groups excluding carboxylic acids is 4. The van der Waals surface area contributed by atoms with Crippen molar-refractivity contribution in [3.63, 3.8) is 0 Å². The predicted octanol–water partition coefficient (Wildman–Crippen LogP) is 6.86. The van der Waals surface area contributed by atoms with Gasteiger partial charge in [0.2, 0.25) is 0 Å². The smallest absolute Gasteiger partial charge is 0.166 e. The Balaban J connectivity index is 0.000000144. The number of allylic oxidation sites excluding steroid dienone is 1. The lowest BCUT2D eigenvalue weighted by Crippen LogP contribution is -2.53. The molecule has 54 heavy (non-hydrogen) atoms. The molecule has 0 aromatic rings. The van der Waals surface area contributed by atoms with Gasteiger partial charge < -0.3 is 19.5 Å². The molecule has 9 heteroatoms. The van der Waals surface area contributed by atoms with Crippen molar-refractivity contribution < 1.29 is 43.5 Å². The summed E-state index contributed by atoms with van der Waals surface area (Å²) in [6.45, 7) is 11.2. The van der Waals surface area contributed by atoms with Crippen molar-refractivity contribution in [1.82, 2.24) is 0 Å². The summed E-state index contributed by atoms with van der Waals surface area (Å²) in [5.74, 6) is 4.79. The van der Waals surface area contributed by atoms with Gasteiger partial charge in [-0.3, -0.25) is 19.2 Å². The van der Waals surface area contributed by atoms with Crippen molar-refractivity contribution in [3.05, 3.63) is 35.6 Å². The van der Waals surface area contributed by atoms with Gasteiger partial charge in [-0.25, -0.2) is 0 Å². The van der Waals surface area contributed by atoms with Crippen molar-refractivity contribution in [3.8, 4) is 0 Å². The number of hydrogen-bond donors (Lipinski definition) is 1. The normalized spacial score (nSPS) is 47.7. The summed E-state index contributed by atoms with van der Waals surface area (Å²) in [6, 6.07) is 0. The van der Waals surface area contributed by atoms with Crippen LogP contribution in [-0.4, -0.2) is 66.9 Å². The van der Waals surface area contributed by atoms with E-state index in [0.717, 1.165) is 90.3 Å². The molecular weight excluding hydrogens is 684 g/mol. The number of aliphatic hydroxyl groups is 1. The molecule has 2 aliphatic heterocycles. The number of rotatable bonds is 7. The summed E-state index contributed by atoms with van der Waals surface area (Å²) in [4.78, 5) is 59.4. The first-order chi connectivity index (χ1) is 25.8. The minimum absolute atomic E-state index is 0.00139. The van der Waals surface area contributed by atoms with Crippen molar-refractivity contribution >= 4 is 23.1 Å². The van der Waals surface area contributed by atoms with Gasteiger partial charge in [-0.05, 0) is 154 Å². The highest BCUT2D eigenvalue weighted by Gasteiger charge is 2.66. The molecule has 9 nitrogen and oxygen atoms in total. The van der Waals surface area contributed by atoms with E-state index in [1.165, 1.54) is 11.1 Å². The fourth-order valence-electron chi connectivity index (χ4n) is 15.5. The second-order valence-electron chi connectivity index (χ2n) is 19.8. The Bertz CT molecular complexity index is 1690. The quantitative estimate of drug-likeness (QED) is 0.169. The Morgan fingerprint density at radius 3 is 1.69 bits per heavy atom. The first kappa shape index (κ1) is 37.1. The van der Waals surface area contributed by atoms with Crippen LogP contribution in [0.25, 0.3) is 0 Å². The fraction of sp³-hybridized carbons (Fsp3) is 0.778. The zero-order valence-electron chi connectivity index (χ0n) is 32.6. The molecule has 6 saturated carbocycles. The third-order valence-electron chi connectivity index (χ3n) is 17.8. The molecule has 10 rings (SSSR count). The van der Waals surface area contributed by atoms with Crippen LogP contribution in [0.3, 0.4) is 0 Å². The molecule has 8 aliphatic carbocycles. The van der Waals surface area contributed by atoms with E-state index in [1.54, 1.807) is 6.92 Å². The number of ether oxygens (including phenoxy) is 2. The van der Waals surface area contributed by atoms with E-state index in [9.17, 15) is 24.3 Å². The lowest BCUT2D eigenvalue weighted by atomic mass is 9.46. The molecule has 0 aromatic carbocycles. The highest BCUT2D eigenvalue weighted by molar-refractivity contribution is 5.92. The van der Waals surface area contributed by atoms with E-state index in [0.29, 0.717) is 54.1 Å². The molecule has 10 aliphatic rings. The minimum Gasteiger partial charge on any atom is -0.389 e. The number of aliphatic hydroxyl groups excluding tert-OH is 1. The molecule has 8 fully saturated rings. The predicted molar refractivity (Wildman–Crippen MR) is 198 cm³/mol. The van der Waals surface area contributed by atoms with Gasteiger partial charge in [0.05, 0.1) is 25.4 Å². The van der Waals surface area contributed by atoms with Crippen LogP contribution in [0.5, 0.6) is 0 Å². The molecule has 2 heterocycles. The van der Waals surface area contributed by atoms with E-state index in [1.807, 2.05) is 12.2 Å². The van der Waals surface area contributed by atoms with Crippen LogP contribution in [0.2, 0.25) is 0 Å². The first-order valence-electron chi connectivity index (χ1n) is 21.2. The highest BCUT2D eigenvalue weighted by atomic mass is 17.2. The van der Waals surface area contributed by atoms with Crippen molar-refractivity contribution in [2.24, 2.45) is 69.0 Å². The number of fused-ring (bicyclic) bond motifs is 6. The second-order valence-corrected chi connectivity index (χ2v) is 19.8. The van der Waals surface area contributed by atoms with Crippen LogP contribution < -0.4 is 0 Å². The molecule has 14 atom stereocenters. The first-order valence-corrected chi connectivity index (χ1v) is 21.2. The molecular formula is C45H60O9. The van der Waals surface area contributed by atoms with Crippen LogP contribution in [0, 0.1) is 69.0 Å². The average molecular weight is 745 g/mol. The zero-order valence-corrected chi connectivity index (χ0v) is 32.6. The Labute approximate surface area is 319 Å². The van der Waals surface area contributed by atoms with Gasteiger partial charge in [0.15, 0.2) is 29.7 Å². The Hall–Kier alpha value is -2.46. The zero-order chi connectivity index (χ0) is 37.8. The van der Waals surface area contributed by atoms with Crippen LogP contribution in [0.4, 0.5) is 0 Å². The third-order valence-corrected chi connectivity index (χ3v) is 17.8. The monoisotopic (exact) mass is 744 g/mol. The van der Waals surface area contributed by atoms with Crippen LogP contribution in [-0.2, 0) is 38.4 Å². The average Bonchev–Trinajstić information content (AvgIpc) is 3.84.